The summed E-state index contributed by atoms with van der Waals surface area (Å²) in [5, 5.41) is 2.83. The zero-order valence-corrected chi connectivity index (χ0v) is 13.3. The molecule has 2 N–H and O–H groups in total. The van der Waals surface area contributed by atoms with E-state index in [2.05, 4.69) is 10.0 Å². The molecular formula is C16H13F3N2O2S. The van der Waals surface area contributed by atoms with Crippen LogP contribution in [0.2, 0.25) is 0 Å². The number of benzene rings is 2. The van der Waals surface area contributed by atoms with Crippen LogP contribution in [0.1, 0.15) is 11.1 Å². The molecule has 0 bridgehead atoms. The molecule has 0 spiro atoms. The van der Waals surface area contributed by atoms with E-state index in [0.717, 1.165) is 6.07 Å². The van der Waals surface area contributed by atoms with E-state index in [1.165, 1.54) is 30.3 Å². The van der Waals surface area contributed by atoms with Crippen LogP contribution in [-0.4, -0.2) is 15.5 Å². The van der Waals surface area contributed by atoms with Crippen LogP contribution in [0.3, 0.4) is 0 Å². The summed E-state index contributed by atoms with van der Waals surface area (Å²) in [5.74, 6) is 1.93. The molecule has 8 heteroatoms. The van der Waals surface area contributed by atoms with Crippen molar-refractivity contribution in [3.63, 3.8) is 0 Å². The zero-order valence-electron chi connectivity index (χ0n) is 12.5. The van der Waals surface area contributed by atoms with Gasteiger partial charge in [0.05, 0.1) is 10.5 Å². The first-order chi connectivity index (χ1) is 11.2. The van der Waals surface area contributed by atoms with E-state index < -0.39 is 21.8 Å². The van der Waals surface area contributed by atoms with Crippen LogP contribution >= 0.6 is 0 Å². The predicted octanol–water partition coefficient (Wildman–Crippen LogP) is 3.53. The third kappa shape index (κ3) is 3.81. The number of hydrogen-bond donors (Lipinski definition) is 2. The molecule has 0 unspecified atom stereocenters. The Morgan fingerprint density at radius 1 is 1.04 bits per heavy atom. The molecule has 0 heterocycles. The van der Waals surface area contributed by atoms with Gasteiger partial charge in [-0.2, -0.15) is 13.2 Å². The molecule has 4 nitrogen and oxygen atoms in total. The van der Waals surface area contributed by atoms with Crippen molar-refractivity contribution in [2.24, 2.45) is 0 Å². The molecule has 0 atom stereocenters. The Morgan fingerprint density at radius 2 is 1.62 bits per heavy atom. The molecule has 126 valence electrons. The summed E-state index contributed by atoms with van der Waals surface area (Å²) in [4.78, 5) is -0.0731. The maximum absolute atomic E-state index is 13.0. The van der Waals surface area contributed by atoms with Gasteiger partial charge in [-0.1, -0.05) is 5.92 Å². The second-order valence-electron chi connectivity index (χ2n) is 4.78. The van der Waals surface area contributed by atoms with Gasteiger partial charge in [-0.3, -0.25) is 4.72 Å². The summed E-state index contributed by atoms with van der Waals surface area (Å²) in [6.07, 6.45) is 0.365. The molecule has 0 aliphatic heterocycles. The van der Waals surface area contributed by atoms with E-state index in [1.54, 1.807) is 7.05 Å². The van der Waals surface area contributed by atoms with E-state index in [-0.39, 0.29) is 16.1 Å². The molecule has 2 aromatic carbocycles. The fourth-order valence-electron chi connectivity index (χ4n) is 1.98. The molecule has 0 aliphatic carbocycles. The maximum atomic E-state index is 13.0. The fraction of sp³-hybridized carbons (Fsp3) is 0.125. The summed E-state index contributed by atoms with van der Waals surface area (Å²) < 4.78 is 65.6. The number of terminal acetylenes is 1. The van der Waals surface area contributed by atoms with Crippen molar-refractivity contribution < 1.29 is 21.6 Å². The quantitative estimate of drug-likeness (QED) is 0.826. The highest BCUT2D eigenvalue weighted by atomic mass is 32.2. The Hall–Kier alpha value is -2.66. The number of hydrogen-bond acceptors (Lipinski definition) is 3. The Morgan fingerprint density at radius 3 is 2.12 bits per heavy atom. The third-order valence-electron chi connectivity index (χ3n) is 3.19. The summed E-state index contributed by atoms with van der Waals surface area (Å²) in [6, 6.07) is 8.67. The largest absolute Gasteiger partial charge is 0.417 e. The average molecular weight is 354 g/mol. The molecule has 0 aliphatic rings. The molecule has 0 saturated carbocycles. The lowest BCUT2D eigenvalue weighted by Gasteiger charge is -2.13. The number of rotatable bonds is 4. The molecule has 0 saturated heterocycles. The lowest BCUT2D eigenvalue weighted by Crippen LogP contribution is -2.14. The third-order valence-corrected chi connectivity index (χ3v) is 4.58. The zero-order chi connectivity index (χ0) is 18.0. The average Bonchev–Trinajstić information content (AvgIpc) is 2.53. The summed E-state index contributed by atoms with van der Waals surface area (Å²) in [7, 11) is -2.34. The van der Waals surface area contributed by atoms with Crippen LogP contribution in [0, 0.1) is 12.3 Å². The number of sulfonamides is 1. The first-order valence-corrected chi connectivity index (χ1v) is 8.14. The van der Waals surface area contributed by atoms with Gasteiger partial charge in [0.25, 0.3) is 10.0 Å². The van der Waals surface area contributed by atoms with E-state index in [0.29, 0.717) is 11.8 Å². The minimum atomic E-state index is -4.68. The molecule has 2 rings (SSSR count). The van der Waals surface area contributed by atoms with E-state index >= 15 is 0 Å². The highest BCUT2D eigenvalue weighted by molar-refractivity contribution is 7.92. The molecule has 0 fully saturated rings. The van der Waals surface area contributed by atoms with Crippen LogP contribution in [-0.2, 0) is 16.2 Å². The second kappa shape index (κ2) is 6.45. The van der Waals surface area contributed by atoms with Crippen molar-refractivity contribution in [1.82, 2.24) is 0 Å². The van der Waals surface area contributed by atoms with E-state index in [9.17, 15) is 21.6 Å². The minimum Gasteiger partial charge on any atom is -0.388 e. The van der Waals surface area contributed by atoms with Gasteiger partial charge in [0, 0.05) is 24.0 Å². The van der Waals surface area contributed by atoms with Gasteiger partial charge in [-0.25, -0.2) is 8.42 Å². The number of halogens is 3. The fourth-order valence-corrected chi connectivity index (χ4v) is 3.03. The monoisotopic (exact) mass is 354 g/mol. The molecular weight excluding hydrogens is 341 g/mol. The Balaban J connectivity index is 2.37. The summed E-state index contributed by atoms with van der Waals surface area (Å²) in [5.41, 5.74) is -0.953. The molecule has 24 heavy (non-hydrogen) atoms. The number of nitrogens with one attached hydrogen (secondary N) is 2. The van der Waals surface area contributed by atoms with Crippen molar-refractivity contribution in [1.29, 1.82) is 0 Å². The normalized spacial score (nSPS) is 11.6. The van der Waals surface area contributed by atoms with Gasteiger partial charge in [0.15, 0.2) is 0 Å². The van der Waals surface area contributed by atoms with Gasteiger partial charge >= 0.3 is 6.18 Å². The van der Waals surface area contributed by atoms with Gasteiger partial charge in [-0.05, 0) is 42.5 Å². The summed E-state index contributed by atoms with van der Waals surface area (Å²) >= 11 is 0. The van der Waals surface area contributed by atoms with Gasteiger partial charge < -0.3 is 5.32 Å². The first-order valence-electron chi connectivity index (χ1n) is 6.66. The Kier molecular flexibility index (Phi) is 4.76. The van der Waals surface area contributed by atoms with Crippen LogP contribution in [0.15, 0.2) is 47.4 Å². The highest BCUT2D eigenvalue weighted by Gasteiger charge is 2.33. The Bertz CT molecular complexity index is 883. The molecule has 0 aromatic heterocycles. The highest BCUT2D eigenvalue weighted by Crippen LogP contribution is 2.34. The van der Waals surface area contributed by atoms with Gasteiger partial charge in [-0.15, -0.1) is 6.42 Å². The lowest BCUT2D eigenvalue weighted by atomic mass is 10.1. The SMILES string of the molecule is C#Cc1ccc(NS(=O)(=O)c2ccc(NC)cc2)cc1C(F)(F)F. The predicted molar refractivity (Wildman–Crippen MR) is 86.2 cm³/mol. The van der Waals surface area contributed by atoms with E-state index in [4.69, 9.17) is 6.42 Å². The van der Waals surface area contributed by atoms with Crippen molar-refractivity contribution in [2.45, 2.75) is 11.1 Å². The van der Waals surface area contributed by atoms with Gasteiger partial charge in [0.2, 0.25) is 0 Å². The summed E-state index contributed by atoms with van der Waals surface area (Å²) in [6.45, 7) is 0. The van der Waals surface area contributed by atoms with Crippen LogP contribution in [0.4, 0.5) is 24.5 Å². The topological polar surface area (TPSA) is 58.2 Å². The van der Waals surface area contributed by atoms with Crippen molar-refractivity contribution in [2.75, 3.05) is 17.1 Å². The smallest absolute Gasteiger partial charge is 0.388 e. The van der Waals surface area contributed by atoms with Crippen molar-refractivity contribution in [3.05, 3.63) is 53.6 Å². The van der Waals surface area contributed by atoms with Crippen LogP contribution < -0.4 is 10.0 Å². The van der Waals surface area contributed by atoms with Crippen LogP contribution in [0.25, 0.3) is 0 Å². The molecule has 0 radical (unpaired) electrons. The van der Waals surface area contributed by atoms with E-state index in [1.807, 2.05) is 5.92 Å². The number of anilines is 2. The Labute approximate surface area is 137 Å². The standard InChI is InChI=1S/C16H13F3N2O2S/c1-3-11-4-5-13(10-15(11)16(17,18)19)21-24(22,23)14-8-6-12(20-2)7-9-14/h1,4-10,20-21H,2H3. The molecule has 2 aromatic rings. The molecule has 0 amide bonds. The maximum Gasteiger partial charge on any atom is 0.417 e. The number of alkyl halides is 3. The van der Waals surface area contributed by atoms with Gasteiger partial charge in [0.1, 0.15) is 0 Å². The lowest BCUT2D eigenvalue weighted by molar-refractivity contribution is -0.137. The minimum absolute atomic E-state index is 0.0731. The second-order valence-corrected chi connectivity index (χ2v) is 6.46. The first kappa shape index (κ1) is 17.7. The van der Waals surface area contributed by atoms with Crippen molar-refractivity contribution >= 4 is 21.4 Å². The van der Waals surface area contributed by atoms with Crippen molar-refractivity contribution in [3.8, 4) is 12.3 Å². The van der Waals surface area contributed by atoms with Crippen LogP contribution in [0.5, 0.6) is 0 Å².